The Labute approximate surface area is 64.1 Å². The fourth-order valence-corrected chi connectivity index (χ4v) is 1.61. The minimum Gasteiger partial charge on any atom is -0.375 e. The van der Waals surface area contributed by atoms with Crippen LogP contribution in [0.1, 0.15) is 19.3 Å². The van der Waals surface area contributed by atoms with Crippen LogP contribution >= 0.6 is 0 Å². The number of cyclic esters (lactones) is 2. The molecule has 0 N–H and O–H groups in total. The Kier molecular flexibility index (Phi) is 1.34. The first-order valence-corrected chi connectivity index (χ1v) is 3.81. The number of amides is 1. The van der Waals surface area contributed by atoms with Crippen LogP contribution in [0, 0.1) is 0 Å². The molecule has 4 nitrogen and oxygen atoms in total. The van der Waals surface area contributed by atoms with Crippen molar-refractivity contribution >= 4 is 12.1 Å². The molecule has 0 aliphatic carbocycles. The number of rotatable bonds is 0. The van der Waals surface area contributed by atoms with Crippen molar-refractivity contribution in [3.05, 3.63) is 0 Å². The smallest absolute Gasteiger partial charge is 0.375 e. The van der Waals surface area contributed by atoms with Gasteiger partial charge in [0.25, 0.3) is 0 Å². The van der Waals surface area contributed by atoms with Gasteiger partial charge in [-0.05, 0) is 19.3 Å². The molecule has 2 rings (SSSR count). The normalized spacial score (nSPS) is 30.2. The van der Waals surface area contributed by atoms with E-state index in [-0.39, 0.29) is 12.0 Å². The van der Waals surface area contributed by atoms with Crippen molar-refractivity contribution in [3.8, 4) is 0 Å². The van der Waals surface area contributed by atoms with Crippen LogP contribution in [-0.4, -0.2) is 29.5 Å². The lowest BCUT2D eigenvalue weighted by molar-refractivity contribution is -0.136. The van der Waals surface area contributed by atoms with Gasteiger partial charge in [0.2, 0.25) is 0 Å². The number of carbonyl (C=O) groups excluding carboxylic acids is 2. The molecular formula is C7H9NO3. The molecule has 0 aromatic carbocycles. The summed E-state index contributed by atoms with van der Waals surface area (Å²) in [7, 11) is 0. The van der Waals surface area contributed by atoms with Crippen LogP contribution in [0.2, 0.25) is 0 Å². The van der Waals surface area contributed by atoms with Crippen LogP contribution < -0.4 is 0 Å². The highest BCUT2D eigenvalue weighted by atomic mass is 16.6. The molecule has 1 atom stereocenters. The molecule has 0 spiro atoms. The van der Waals surface area contributed by atoms with Gasteiger partial charge in [0.15, 0.2) is 0 Å². The van der Waals surface area contributed by atoms with E-state index < -0.39 is 6.09 Å². The van der Waals surface area contributed by atoms with Crippen LogP contribution in [-0.2, 0) is 9.53 Å². The molecule has 60 valence electrons. The van der Waals surface area contributed by atoms with Crippen LogP contribution in [0.15, 0.2) is 0 Å². The van der Waals surface area contributed by atoms with E-state index >= 15 is 0 Å². The predicted molar refractivity (Wildman–Crippen MR) is 35.8 cm³/mol. The Bertz CT molecular complexity index is 192. The van der Waals surface area contributed by atoms with Crippen LogP contribution in [0.5, 0.6) is 0 Å². The summed E-state index contributed by atoms with van der Waals surface area (Å²) in [6.45, 7) is 0.676. The molecule has 0 aromatic heterocycles. The van der Waals surface area contributed by atoms with Crippen molar-refractivity contribution in [2.24, 2.45) is 0 Å². The van der Waals surface area contributed by atoms with E-state index in [4.69, 9.17) is 0 Å². The lowest BCUT2D eigenvalue weighted by Crippen LogP contribution is -2.38. The summed E-state index contributed by atoms with van der Waals surface area (Å²) >= 11 is 0. The number of nitrogens with zero attached hydrogens (tertiary/aromatic N) is 1. The second kappa shape index (κ2) is 2.22. The number of hydrogen-bond donors (Lipinski definition) is 0. The standard InChI is InChI=1S/C7H9NO3/c9-6-5-3-1-2-4-8(5)7(10)11-6/h5H,1-4H2/t5-/m1/s1. The maximum Gasteiger partial charge on any atom is 0.418 e. The quantitative estimate of drug-likeness (QED) is 0.378. The van der Waals surface area contributed by atoms with E-state index in [1.807, 2.05) is 0 Å². The SMILES string of the molecule is O=C1OC(=O)N2CCCC[C@H]12. The van der Waals surface area contributed by atoms with Crippen molar-refractivity contribution in [2.45, 2.75) is 25.3 Å². The molecule has 2 fully saturated rings. The third kappa shape index (κ3) is 0.895. The van der Waals surface area contributed by atoms with Crippen molar-refractivity contribution in [1.29, 1.82) is 0 Å². The van der Waals surface area contributed by atoms with E-state index in [2.05, 4.69) is 4.74 Å². The van der Waals surface area contributed by atoms with Gasteiger partial charge < -0.3 is 4.74 Å². The second-order valence-electron chi connectivity index (χ2n) is 2.89. The van der Waals surface area contributed by atoms with Gasteiger partial charge in [0, 0.05) is 6.54 Å². The number of carbonyl (C=O) groups is 2. The minimum atomic E-state index is -0.459. The molecule has 0 aromatic rings. The van der Waals surface area contributed by atoms with Crippen LogP contribution in [0.25, 0.3) is 0 Å². The van der Waals surface area contributed by atoms with Gasteiger partial charge in [0.05, 0.1) is 0 Å². The zero-order valence-corrected chi connectivity index (χ0v) is 6.08. The molecule has 0 bridgehead atoms. The Hall–Kier alpha value is -1.06. The lowest BCUT2D eigenvalue weighted by Gasteiger charge is -2.24. The average Bonchev–Trinajstić information content (AvgIpc) is 2.30. The van der Waals surface area contributed by atoms with Crippen molar-refractivity contribution in [1.82, 2.24) is 4.90 Å². The Morgan fingerprint density at radius 2 is 2.18 bits per heavy atom. The lowest BCUT2D eigenvalue weighted by atomic mass is 10.0. The van der Waals surface area contributed by atoms with Crippen LogP contribution in [0.4, 0.5) is 4.79 Å². The zero-order valence-electron chi connectivity index (χ0n) is 6.08. The summed E-state index contributed by atoms with van der Waals surface area (Å²) in [5.41, 5.74) is 0. The van der Waals surface area contributed by atoms with Crippen molar-refractivity contribution in [3.63, 3.8) is 0 Å². The molecule has 4 heteroatoms. The summed E-state index contributed by atoms with van der Waals surface area (Å²) in [4.78, 5) is 23.4. The van der Waals surface area contributed by atoms with E-state index in [1.54, 1.807) is 0 Å². The topological polar surface area (TPSA) is 46.6 Å². The number of esters is 1. The van der Waals surface area contributed by atoms with Gasteiger partial charge in [-0.1, -0.05) is 0 Å². The number of piperidine rings is 1. The molecular weight excluding hydrogens is 146 g/mol. The van der Waals surface area contributed by atoms with E-state index in [9.17, 15) is 9.59 Å². The second-order valence-corrected chi connectivity index (χ2v) is 2.89. The summed E-state index contributed by atoms with van der Waals surface area (Å²) in [6.07, 6.45) is 2.31. The highest BCUT2D eigenvalue weighted by Crippen LogP contribution is 2.23. The third-order valence-electron chi connectivity index (χ3n) is 2.20. The molecule has 2 saturated heterocycles. The van der Waals surface area contributed by atoms with Gasteiger partial charge in [0.1, 0.15) is 6.04 Å². The Morgan fingerprint density at radius 1 is 1.36 bits per heavy atom. The Morgan fingerprint density at radius 3 is 2.91 bits per heavy atom. The summed E-state index contributed by atoms with van der Waals surface area (Å²) in [5, 5.41) is 0. The van der Waals surface area contributed by atoms with E-state index in [0.717, 1.165) is 19.3 Å². The number of ether oxygens (including phenoxy) is 1. The summed E-state index contributed by atoms with van der Waals surface area (Å²) in [5.74, 6) is -0.366. The zero-order chi connectivity index (χ0) is 7.84. The largest absolute Gasteiger partial charge is 0.418 e. The molecule has 0 unspecified atom stereocenters. The predicted octanol–water partition coefficient (Wildman–Crippen LogP) is 0.518. The van der Waals surface area contributed by atoms with Gasteiger partial charge >= 0.3 is 12.1 Å². The number of hydrogen-bond acceptors (Lipinski definition) is 3. The maximum atomic E-state index is 10.9. The first-order valence-electron chi connectivity index (χ1n) is 3.81. The van der Waals surface area contributed by atoms with E-state index in [0.29, 0.717) is 6.54 Å². The molecule has 2 aliphatic rings. The first kappa shape index (κ1) is 6.64. The summed E-state index contributed by atoms with van der Waals surface area (Å²) < 4.78 is 4.46. The highest BCUT2D eigenvalue weighted by molar-refractivity contribution is 5.95. The molecule has 1 amide bonds. The van der Waals surface area contributed by atoms with Crippen LogP contribution in [0.3, 0.4) is 0 Å². The molecule has 0 saturated carbocycles. The fraction of sp³-hybridized carbons (Fsp3) is 0.714. The Balaban J connectivity index is 2.19. The highest BCUT2D eigenvalue weighted by Gasteiger charge is 2.41. The van der Waals surface area contributed by atoms with Gasteiger partial charge in [-0.15, -0.1) is 0 Å². The van der Waals surface area contributed by atoms with Gasteiger partial charge in [-0.2, -0.15) is 0 Å². The van der Waals surface area contributed by atoms with E-state index in [1.165, 1.54) is 4.90 Å². The number of fused-ring (bicyclic) bond motifs is 1. The van der Waals surface area contributed by atoms with Crippen molar-refractivity contribution in [2.75, 3.05) is 6.54 Å². The summed E-state index contributed by atoms with van der Waals surface area (Å²) in [6, 6.07) is -0.267. The van der Waals surface area contributed by atoms with Gasteiger partial charge in [-0.25, -0.2) is 9.59 Å². The monoisotopic (exact) mass is 155 g/mol. The third-order valence-corrected chi connectivity index (χ3v) is 2.20. The molecule has 2 aliphatic heterocycles. The molecule has 0 radical (unpaired) electrons. The van der Waals surface area contributed by atoms with Gasteiger partial charge in [-0.3, -0.25) is 4.90 Å². The molecule has 2 heterocycles. The minimum absolute atomic E-state index is 0.267. The molecule has 11 heavy (non-hydrogen) atoms. The first-order chi connectivity index (χ1) is 5.29. The fourth-order valence-electron chi connectivity index (χ4n) is 1.61. The maximum absolute atomic E-state index is 10.9. The average molecular weight is 155 g/mol. The van der Waals surface area contributed by atoms with Crippen molar-refractivity contribution < 1.29 is 14.3 Å².